The number of amidine groups is 1. The number of para-hydroxylation sites is 1. The van der Waals surface area contributed by atoms with E-state index in [0.717, 1.165) is 17.8 Å². The first kappa shape index (κ1) is 13.0. The molecule has 98 valence electrons. The first-order valence-electron chi connectivity index (χ1n) is 6.13. The van der Waals surface area contributed by atoms with Crippen LogP contribution in [0.4, 0.5) is 11.5 Å². The van der Waals surface area contributed by atoms with Crippen molar-refractivity contribution in [1.82, 2.24) is 9.97 Å². The topological polar surface area (TPSA) is 78.9 Å². The van der Waals surface area contributed by atoms with Crippen LogP contribution in [-0.4, -0.2) is 22.3 Å². The van der Waals surface area contributed by atoms with Gasteiger partial charge in [0.25, 0.3) is 0 Å². The first-order chi connectivity index (χ1) is 9.15. The zero-order valence-electron chi connectivity index (χ0n) is 11.1. The molecule has 2 aromatic rings. The van der Waals surface area contributed by atoms with Gasteiger partial charge in [0.2, 0.25) is 0 Å². The number of nitrogens with two attached hydrogens (primary N) is 1. The predicted octanol–water partition coefficient (Wildman–Crippen LogP) is 2.23. The summed E-state index contributed by atoms with van der Waals surface area (Å²) in [6, 6.07) is 8.04. The summed E-state index contributed by atoms with van der Waals surface area (Å²) in [6.45, 7) is 4.80. The van der Waals surface area contributed by atoms with Crippen LogP contribution in [0.1, 0.15) is 18.2 Å². The van der Waals surface area contributed by atoms with Crippen molar-refractivity contribution in [2.45, 2.75) is 13.8 Å². The van der Waals surface area contributed by atoms with Crippen LogP contribution in [0.3, 0.4) is 0 Å². The van der Waals surface area contributed by atoms with Gasteiger partial charge in [-0.25, -0.2) is 9.97 Å². The van der Waals surface area contributed by atoms with E-state index >= 15 is 0 Å². The Morgan fingerprint density at radius 3 is 2.58 bits per heavy atom. The fraction of sp³-hybridized carbons (Fsp3) is 0.214. The molecule has 1 aromatic carbocycles. The molecule has 0 bridgehead atoms. The third-order valence-electron chi connectivity index (χ3n) is 2.91. The molecule has 0 spiro atoms. The Labute approximate surface area is 112 Å². The minimum absolute atomic E-state index is 0.0739. The normalized spacial score (nSPS) is 10.2. The molecule has 2 rings (SSSR count). The van der Waals surface area contributed by atoms with Crippen molar-refractivity contribution < 1.29 is 0 Å². The van der Waals surface area contributed by atoms with Gasteiger partial charge >= 0.3 is 0 Å². The lowest BCUT2D eigenvalue weighted by molar-refractivity contribution is 0.963. The van der Waals surface area contributed by atoms with Crippen molar-refractivity contribution >= 4 is 17.3 Å². The highest BCUT2D eigenvalue weighted by Crippen LogP contribution is 2.27. The smallest absolute Gasteiger partial charge is 0.162 e. The lowest BCUT2D eigenvalue weighted by Gasteiger charge is -2.25. The van der Waals surface area contributed by atoms with Crippen LogP contribution in [0.15, 0.2) is 36.7 Å². The average Bonchev–Trinajstić information content (AvgIpc) is 2.42. The SMILES string of the molecule is CCN(c1ccccc1C)c1nccnc1C(=N)N. The number of nitrogens with zero attached hydrogens (tertiary/aromatic N) is 3. The highest BCUT2D eigenvalue weighted by Gasteiger charge is 2.17. The molecule has 3 N–H and O–H groups in total. The number of benzene rings is 1. The highest BCUT2D eigenvalue weighted by molar-refractivity contribution is 5.98. The van der Waals surface area contributed by atoms with E-state index in [-0.39, 0.29) is 5.84 Å². The van der Waals surface area contributed by atoms with Crippen LogP contribution in [0.25, 0.3) is 0 Å². The molecule has 0 aliphatic carbocycles. The Hall–Kier alpha value is -2.43. The maximum atomic E-state index is 7.61. The molecule has 5 nitrogen and oxygen atoms in total. The van der Waals surface area contributed by atoms with Crippen LogP contribution in [-0.2, 0) is 0 Å². The van der Waals surface area contributed by atoms with E-state index in [1.165, 1.54) is 0 Å². The molecule has 1 heterocycles. The number of aryl methyl sites for hydroxylation is 1. The Morgan fingerprint density at radius 2 is 1.95 bits per heavy atom. The van der Waals surface area contributed by atoms with Crippen molar-refractivity contribution in [2.75, 3.05) is 11.4 Å². The molecule has 19 heavy (non-hydrogen) atoms. The minimum Gasteiger partial charge on any atom is -0.382 e. The highest BCUT2D eigenvalue weighted by atomic mass is 15.2. The Morgan fingerprint density at radius 1 is 1.26 bits per heavy atom. The zero-order chi connectivity index (χ0) is 13.8. The maximum absolute atomic E-state index is 7.61. The predicted molar refractivity (Wildman–Crippen MR) is 76.9 cm³/mol. The van der Waals surface area contributed by atoms with E-state index in [1.807, 2.05) is 43.0 Å². The third kappa shape index (κ3) is 2.54. The number of hydrogen-bond acceptors (Lipinski definition) is 4. The molecular formula is C14H17N5. The Kier molecular flexibility index (Phi) is 3.75. The van der Waals surface area contributed by atoms with Gasteiger partial charge in [0.1, 0.15) is 11.5 Å². The molecule has 0 atom stereocenters. The molecule has 0 saturated heterocycles. The van der Waals surface area contributed by atoms with Gasteiger partial charge in [0.05, 0.1) is 0 Å². The Balaban J connectivity index is 2.55. The summed E-state index contributed by atoms with van der Waals surface area (Å²) in [5.41, 5.74) is 8.18. The second kappa shape index (κ2) is 5.48. The second-order valence-corrected chi connectivity index (χ2v) is 4.17. The van der Waals surface area contributed by atoms with Crippen LogP contribution < -0.4 is 10.6 Å². The van der Waals surface area contributed by atoms with Gasteiger partial charge in [-0.2, -0.15) is 0 Å². The quantitative estimate of drug-likeness (QED) is 0.648. The number of hydrogen-bond donors (Lipinski definition) is 2. The van der Waals surface area contributed by atoms with Gasteiger partial charge < -0.3 is 10.6 Å². The summed E-state index contributed by atoms with van der Waals surface area (Å²) in [7, 11) is 0. The van der Waals surface area contributed by atoms with Gasteiger partial charge in [0, 0.05) is 24.6 Å². The molecular weight excluding hydrogens is 238 g/mol. The summed E-state index contributed by atoms with van der Waals surface area (Å²) >= 11 is 0. The van der Waals surface area contributed by atoms with Crippen molar-refractivity contribution in [3.8, 4) is 0 Å². The zero-order valence-corrected chi connectivity index (χ0v) is 11.1. The lowest BCUT2D eigenvalue weighted by Crippen LogP contribution is -2.24. The second-order valence-electron chi connectivity index (χ2n) is 4.17. The largest absolute Gasteiger partial charge is 0.382 e. The van der Waals surface area contributed by atoms with E-state index < -0.39 is 0 Å². The number of nitrogens with one attached hydrogen (secondary N) is 1. The molecule has 0 aliphatic heterocycles. The monoisotopic (exact) mass is 255 g/mol. The van der Waals surface area contributed by atoms with Gasteiger partial charge in [-0.1, -0.05) is 18.2 Å². The number of anilines is 2. The van der Waals surface area contributed by atoms with E-state index in [1.54, 1.807) is 12.4 Å². The van der Waals surface area contributed by atoms with Crippen molar-refractivity contribution in [3.05, 3.63) is 47.9 Å². The fourth-order valence-electron chi connectivity index (χ4n) is 2.02. The van der Waals surface area contributed by atoms with E-state index in [9.17, 15) is 0 Å². The number of aromatic nitrogens is 2. The lowest BCUT2D eigenvalue weighted by atomic mass is 10.1. The molecule has 1 aromatic heterocycles. The van der Waals surface area contributed by atoms with E-state index in [0.29, 0.717) is 11.5 Å². The summed E-state index contributed by atoms with van der Waals surface area (Å²) in [4.78, 5) is 10.5. The summed E-state index contributed by atoms with van der Waals surface area (Å²) in [5.74, 6) is 0.543. The van der Waals surface area contributed by atoms with Crippen LogP contribution in [0, 0.1) is 12.3 Å². The van der Waals surface area contributed by atoms with Crippen molar-refractivity contribution in [1.29, 1.82) is 5.41 Å². The average molecular weight is 255 g/mol. The summed E-state index contributed by atoms with van der Waals surface area (Å²) < 4.78 is 0. The van der Waals surface area contributed by atoms with Gasteiger partial charge in [-0.05, 0) is 25.5 Å². The fourth-order valence-corrected chi connectivity index (χ4v) is 2.02. The molecule has 0 amide bonds. The van der Waals surface area contributed by atoms with Crippen molar-refractivity contribution in [3.63, 3.8) is 0 Å². The van der Waals surface area contributed by atoms with E-state index in [2.05, 4.69) is 9.97 Å². The molecule has 0 unspecified atom stereocenters. The van der Waals surface area contributed by atoms with Gasteiger partial charge in [-0.15, -0.1) is 0 Å². The molecule has 0 aliphatic rings. The maximum Gasteiger partial charge on any atom is 0.162 e. The molecule has 0 fully saturated rings. The Bertz CT molecular complexity index is 594. The van der Waals surface area contributed by atoms with Crippen LogP contribution >= 0.6 is 0 Å². The van der Waals surface area contributed by atoms with Crippen LogP contribution in [0.5, 0.6) is 0 Å². The molecule has 0 saturated carbocycles. The van der Waals surface area contributed by atoms with Crippen LogP contribution in [0.2, 0.25) is 0 Å². The summed E-state index contributed by atoms with van der Waals surface area (Å²) in [6.07, 6.45) is 3.16. The standard InChI is InChI=1S/C14H17N5/c1-3-19(11-7-5-4-6-10(11)2)14-12(13(15)16)17-8-9-18-14/h4-9H,3H2,1-2H3,(H3,15,16). The third-order valence-corrected chi connectivity index (χ3v) is 2.91. The van der Waals surface area contributed by atoms with Gasteiger partial charge in [0.15, 0.2) is 5.82 Å². The van der Waals surface area contributed by atoms with Crippen molar-refractivity contribution in [2.24, 2.45) is 5.73 Å². The summed E-state index contributed by atoms with van der Waals surface area (Å²) in [5, 5.41) is 7.61. The number of rotatable bonds is 4. The first-order valence-corrected chi connectivity index (χ1v) is 6.13. The molecule has 5 heteroatoms. The van der Waals surface area contributed by atoms with E-state index in [4.69, 9.17) is 11.1 Å². The number of nitrogen functional groups attached to an aromatic ring is 1. The van der Waals surface area contributed by atoms with Gasteiger partial charge in [-0.3, -0.25) is 5.41 Å². The minimum atomic E-state index is -0.0739. The molecule has 0 radical (unpaired) electrons.